The first-order valence-electron chi connectivity index (χ1n) is 8.11. The van der Waals surface area contributed by atoms with Gasteiger partial charge in [0.1, 0.15) is 5.76 Å². The summed E-state index contributed by atoms with van der Waals surface area (Å²) in [7, 11) is 0. The molecule has 4 rings (SSSR count). The van der Waals surface area contributed by atoms with Crippen LogP contribution in [-0.2, 0) is 6.54 Å². The van der Waals surface area contributed by atoms with Crippen molar-refractivity contribution in [1.29, 1.82) is 0 Å². The minimum absolute atomic E-state index is 0.489. The Morgan fingerprint density at radius 3 is 2.60 bits per heavy atom. The summed E-state index contributed by atoms with van der Waals surface area (Å²) < 4.78 is 5.29. The molecule has 0 radical (unpaired) electrons. The van der Waals surface area contributed by atoms with E-state index in [1.54, 1.807) is 24.9 Å². The molecule has 0 spiro atoms. The van der Waals surface area contributed by atoms with Crippen molar-refractivity contribution in [3.05, 3.63) is 48.8 Å². The predicted molar refractivity (Wildman–Crippen MR) is 92.3 cm³/mol. The van der Waals surface area contributed by atoms with Gasteiger partial charge in [-0.1, -0.05) is 0 Å². The van der Waals surface area contributed by atoms with Crippen molar-refractivity contribution in [3.63, 3.8) is 0 Å². The third kappa shape index (κ3) is 3.65. The maximum absolute atomic E-state index is 5.29. The van der Waals surface area contributed by atoms with Gasteiger partial charge in [-0.25, -0.2) is 9.97 Å². The molecular weight excluding hydrogens is 320 g/mol. The highest BCUT2D eigenvalue weighted by molar-refractivity contribution is 5.43. The fraction of sp³-hybridized carbons (Fsp3) is 0.312. The Morgan fingerprint density at radius 2 is 1.84 bits per heavy atom. The lowest BCUT2D eigenvalue weighted by molar-refractivity contribution is 0.517. The SMILES string of the molecule is c1cnc(N2CCN(c3cnnc(NCc4ccco4)n3)CC2)nc1. The number of nitrogens with zero attached hydrogens (tertiary/aromatic N) is 7. The fourth-order valence-corrected chi connectivity index (χ4v) is 2.69. The minimum Gasteiger partial charge on any atom is -0.467 e. The average Bonchev–Trinajstić information content (AvgIpc) is 3.21. The summed E-state index contributed by atoms with van der Waals surface area (Å²) >= 11 is 0. The Bertz CT molecular complexity index is 787. The Balaban J connectivity index is 1.37. The molecule has 1 aliphatic heterocycles. The molecule has 9 heteroatoms. The van der Waals surface area contributed by atoms with Crippen molar-refractivity contribution in [2.75, 3.05) is 41.3 Å². The molecule has 1 N–H and O–H groups in total. The molecule has 0 amide bonds. The van der Waals surface area contributed by atoms with Crippen LogP contribution in [-0.4, -0.2) is 51.3 Å². The molecule has 9 nitrogen and oxygen atoms in total. The molecule has 1 fully saturated rings. The van der Waals surface area contributed by atoms with Crippen LogP contribution in [0.2, 0.25) is 0 Å². The van der Waals surface area contributed by atoms with Gasteiger partial charge in [-0.2, -0.15) is 10.1 Å². The van der Waals surface area contributed by atoms with Crippen molar-refractivity contribution in [2.45, 2.75) is 6.54 Å². The lowest BCUT2D eigenvalue weighted by Crippen LogP contribution is -2.47. The Morgan fingerprint density at radius 1 is 1.04 bits per heavy atom. The van der Waals surface area contributed by atoms with Gasteiger partial charge in [-0.3, -0.25) is 0 Å². The van der Waals surface area contributed by atoms with E-state index < -0.39 is 0 Å². The van der Waals surface area contributed by atoms with Crippen LogP contribution in [0, 0.1) is 0 Å². The van der Waals surface area contributed by atoms with Crippen LogP contribution in [0.4, 0.5) is 17.7 Å². The molecule has 0 bridgehead atoms. The van der Waals surface area contributed by atoms with Crippen molar-refractivity contribution >= 4 is 17.7 Å². The predicted octanol–water partition coefficient (Wildman–Crippen LogP) is 1.19. The van der Waals surface area contributed by atoms with Crippen LogP contribution in [0.5, 0.6) is 0 Å². The maximum Gasteiger partial charge on any atom is 0.245 e. The van der Waals surface area contributed by atoms with Gasteiger partial charge >= 0.3 is 0 Å². The van der Waals surface area contributed by atoms with Gasteiger partial charge in [-0.05, 0) is 18.2 Å². The summed E-state index contributed by atoms with van der Waals surface area (Å²) in [6.07, 6.45) is 6.86. The smallest absolute Gasteiger partial charge is 0.245 e. The topological polar surface area (TPSA) is 96.1 Å². The molecular formula is C16H18N8O. The molecule has 0 unspecified atom stereocenters. The van der Waals surface area contributed by atoms with Crippen molar-refractivity contribution < 1.29 is 4.42 Å². The third-order valence-corrected chi connectivity index (χ3v) is 3.99. The molecule has 0 aliphatic carbocycles. The van der Waals surface area contributed by atoms with E-state index in [1.807, 2.05) is 18.2 Å². The van der Waals surface area contributed by atoms with E-state index >= 15 is 0 Å². The minimum atomic E-state index is 0.489. The zero-order valence-electron chi connectivity index (χ0n) is 13.6. The summed E-state index contributed by atoms with van der Waals surface area (Å²) in [4.78, 5) is 17.5. The number of furan rings is 1. The Kier molecular flexibility index (Phi) is 4.36. The number of rotatable bonds is 5. The molecule has 128 valence electrons. The number of nitrogens with one attached hydrogen (secondary N) is 1. The first-order valence-corrected chi connectivity index (χ1v) is 8.11. The lowest BCUT2D eigenvalue weighted by atomic mass is 10.3. The Hall–Kier alpha value is -3.23. The van der Waals surface area contributed by atoms with Crippen LogP contribution < -0.4 is 15.1 Å². The summed E-state index contributed by atoms with van der Waals surface area (Å²) in [5.41, 5.74) is 0. The monoisotopic (exact) mass is 338 g/mol. The van der Waals surface area contributed by atoms with E-state index in [4.69, 9.17) is 4.42 Å². The Labute approximate surface area is 144 Å². The van der Waals surface area contributed by atoms with Crippen LogP contribution in [0.15, 0.2) is 47.5 Å². The van der Waals surface area contributed by atoms with Gasteiger partial charge < -0.3 is 19.5 Å². The van der Waals surface area contributed by atoms with Gasteiger partial charge in [0, 0.05) is 38.6 Å². The van der Waals surface area contributed by atoms with Crippen molar-refractivity contribution in [1.82, 2.24) is 25.1 Å². The highest BCUT2D eigenvalue weighted by Gasteiger charge is 2.20. The summed E-state index contributed by atoms with van der Waals surface area (Å²) in [6.45, 7) is 3.85. The highest BCUT2D eigenvalue weighted by atomic mass is 16.3. The second-order valence-corrected chi connectivity index (χ2v) is 5.59. The number of anilines is 3. The summed E-state index contributed by atoms with van der Waals surface area (Å²) in [6, 6.07) is 5.57. The molecule has 1 aliphatic rings. The highest BCUT2D eigenvalue weighted by Crippen LogP contribution is 2.16. The number of piperazine rings is 1. The fourth-order valence-electron chi connectivity index (χ4n) is 2.69. The molecule has 0 atom stereocenters. The van der Waals surface area contributed by atoms with E-state index in [9.17, 15) is 0 Å². The molecule has 3 aromatic rings. The lowest BCUT2D eigenvalue weighted by Gasteiger charge is -2.35. The molecule has 25 heavy (non-hydrogen) atoms. The number of aromatic nitrogens is 5. The zero-order valence-corrected chi connectivity index (χ0v) is 13.6. The third-order valence-electron chi connectivity index (χ3n) is 3.99. The molecule has 3 aromatic heterocycles. The average molecular weight is 338 g/mol. The second kappa shape index (κ2) is 7.12. The van der Waals surface area contributed by atoms with Crippen LogP contribution >= 0.6 is 0 Å². The molecule has 0 saturated carbocycles. The number of hydrogen-bond donors (Lipinski definition) is 1. The van der Waals surface area contributed by atoms with Crippen molar-refractivity contribution in [2.24, 2.45) is 0 Å². The molecule has 1 saturated heterocycles. The zero-order chi connectivity index (χ0) is 16.9. The van der Waals surface area contributed by atoms with Crippen LogP contribution in [0.1, 0.15) is 5.76 Å². The molecule has 4 heterocycles. The van der Waals surface area contributed by atoms with Gasteiger partial charge in [-0.15, -0.1) is 5.10 Å². The van der Waals surface area contributed by atoms with Gasteiger partial charge in [0.05, 0.1) is 19.0 Å². The van der Waals surface area contributed by atoms with E-state index in [1.165, 1.54) is 0 Å². The summed E-state index contributed by atoms with van der Waals surface area (Å²) in [5, 5.41) is 11.2. The quantitative estimate of drug-likeness (QED) is 0.736. The molecule has 0 aromatic carbocycles. The second-order valence-electron chi connectivity index (χ2n) is 5.59. The van der Waals surface area contributed by atoms with Crippen molar-refractivity contribution in [3.8, 4) is 0 Å². The van der Waals surface area contributed by atoms with E-state index in [0.29, 0.717) is 12.5 Å². The first-order chi connectivity index (χ1) is 12.4. The number of hydrogen-bond acceptors (Lipinski definition) is 9. The first kappa shape index (κ1) is 15.3. The van der Waals surface area contributed by atoms with E-state index in [0.717, 1.165) is 43.7 Å². The van der Waals surface area contributed by atoms with Gasteiger partial charge in [0.2, 0.25) is 11.9 Å². The van der Waals surface area contributed by atoms with Crippen LogP contribution in [0.25, 0.3) is 0 Å². The largest absolute Gasteiger partial charge is 0.467 e. The van der Waals surface area contributed by atoms with Gasteiger partial charge in [0.25, 0.3) is 0 Å². The summed E-state index contributed by atoms with van der Waals surface area (Å²) in [5.74, 6) is 2.89. The van der Waals surface area contributed by atoms with E-state index in [2.05, 4.69) is 40.3 Å². The maximum atomic E-state index is 5.29. The van der Waals surface area contributed by atoms with E-state index in [-0.39, 0.29) is 0 Å². The van der Waals surface area contributed by atoms with Crippen LogP contribution in [0.3, 0.4) is 0 Å². The standard InChI is InChI=1S/C16H18N8O/c1-3-13(25-10-1)11-19-15-21-14(12-20-22-15)23-6-8-24(9-7-23)16-17-4-2-5-18-16/h1-5,10,12H,6-9,11H2,(H,19,21,22). The normalized spacial score (nSPS) is 14.6. The van der Waals surface area contributed by atoms with Gasteiger partial charge in [0.15, 0.2) is 5.82 Å².